The van der Waals surface area contributed by atoms with Gasteiger partial charge in [0, 0.05) is 30.6 Å². The maximum Gasteiger partial charge on any atom is 0.223 e. The Balaban J connectivity index is 1.26. The highest BCUT2D eigenvalue weighted by Crippen LogP contribution is 2.41. The Bertz CT molecular complexity index is 816. The number of rotatable bonds is 6. The number of amides is 1. The van der Waals surface area contributed by atoms with Crippen LogP contribution in [-0.2, 0) is 11.3 Å². The van der Waals surface area contributed by atoms with E-state index >= 15 is 0 Å². The maximum absolute atomic E-state index is 12.6. The molecule has 0 unspecified atom stereocenters. The van der Waals surface area contributed by atoms with Crippen molar-refractivity contribution >= 4 is 17.5 Å². The number of nitrogens with two attached hydrogens (primary N) is 1. The van der Waals surface area contributed by atoms with Crippen LogP contribution < -0.4 is 5.73 Å². The molecule has 2 aromatic rings. The van der Waals surface area contributed by atoms with E-state index in [4.69, 9.17) is 17.3 Å². The lowest BCUT2D eigenvalue weighted by molar-refractivity contribution is -0.128. The number of hydrogen-bond acceptors (Lipinski definition) is 3. The van der Waals surface area contributed by atoms with E-state index in [9.17, 15) is 4.79 Å². The number of carbonyl (C=O) groups excluding carboxylic acids is 1. The minimum Gasteiger partial charge on any atom is -0.338 e. The quantitative estimate of drug-likeness (QED) is 0.773. The summed E-state index contributed by atoms with van der Waals surface area (Å²) in [5.41, 5.74) is 8.87. The summed E-state index contributed by atoms with van der Waals surface area (Å²) in [4.78, 5) is 17.2. The first-order chi connectivity index (χ1) is 14.0. The summed E-state index contributed by atoms with van der Waals surface area (Å²) < 4.78 is 0. The van der Waals surface area contributed by atoms with Crippen molar-refractivity contribution in [3.05, 3.63) is 70.7 Å². The first-order valence-corrected chi connectivity index (χ1v) is 11.0. The van der Waals surface area contributed by atoms with Crippen molar-refractivity contribution in [3.63, 3.8) is 0 Å². The average molecular weight is 412 g/mol. The van der Waals surface area contributed by atoms with Gasteiger partial charge in [-0.05, 0) is 67.6 Å². The predicted octanol–water partition coefficient (Wildman–Crippen LogP) is 4.24. The van der Waals surface area contributed by atoms with Crippen LogP contribution in [0.3, 0.4) is 0 Å². The van der Waals surface area contributed by atoms with E-state index in [1.807, 2.05) is 47.4 Å². The van der Waals surface area contributed by atoms with Crippen LogP contribution in [0.25, 0.3) is 0 Å². The lowest BCUT2D eigenvalue weighted by Crippen LogP contribution is -2.42. The van der Waals surface area contributed by atoms with E-state index in [1.165, 1.54) is 5.56 Å². The lowest BCUT2D eigenvalue weighted by atomic mass is 9.77. The van der Waals surface area contributed by atoms with E-state index in [0.717, 1.165) is 56.0 Å². The van der Waals surface area contributed by atoms with Crippen LogP contribution in [0.4, 0.5) is 0 Å². The summed E-state index contributed by atoms with van der Waals surface area (Å²) in [5.74, 6) is 0.291. The molecule has 2 saturated heterocycles. The van der Waals surface area contributed by atoms with Gasteiger partial charge in [-0.3, -0.25) is 4.79 Å². The van der Waals surface area contributed by atoms with Crippen molar-refractivity contribution in [2.45, 2.75) is 38.3 Å². The molecule has 2 aliphatic heterocycles. The fourth-order valence-electron chi connectivity index (χ4n) is 4.71. The van der Waals surface area contributed by atoms with Crippen molar-refractivity contribution in [2.75, 3.05) is 26.2 Å². The number of halogens is 1. The molecule has 2 aliphatic rings. The standard InChI is InChI=1S/C24H30ClN3O/c25-21-8-6-19(7-9-21)17-28-18-24(16-23(28)29)11-14-27(15-12-24)13-10-22(26)20-4-2-1-3-5-20/h1-9,22H,10-18,26H2/t22-/m0/s1. The fraction of sp³-hybridized carbons (Fsp3) is 0.458. The summed E-state index contributed by atoms with van der Waals surface area (Å²) in [6.45, 7) is 4.71. The zero-order valence-corrected chi connectivity index (χ0v) is 17.7. The van der Waals surface area contributed by atoms with Gasteiger partial charge in [-0.25, -0.2) is 0 Å². The summed E-state index contributed by atoms with van der Waals surface area (Å²) in [6, 6.07) is 18.2. The molecule has 2 heterocycles. The molecule has 0 saturated carbocycles. The van der Waals surface area contributed by atoms with Gasteiger partial charge < -0.3 is 15.5 Å². The Morgan fingerprint density at radius 3 is 2.41 bits per heavy atom. The number of hydrogen-bond donors (Lipinski definition) is 1. The first kappa shape index (κ1) is 20.4. The third-order valence-electron chi connectivity index (χ3n) is 6.59. The summed E-state index contributed by atoms with van der Waals surface area (Å²) >= 11 is 5.97. The molecule has 4 nitrogen and oxygen atoms in total. The molecule has 2 aromatic carbocycles. The molecule has 5 heteroatoms. The predicted molar refractivity (Wildman–Crippen MR) is 118 cm³/mol. The number of piperidine rings is 1. The topological polar surface area (TPSA) is 49.6 Å². The maximum atomic E-state index is 12.6. The van der Waals surface area contributed by atoms with Crippen molar-refractivity contribution in [2.24, 2.45) is 11.1 Å². The average Bonchev–Trinajstić information content (AvgIpc) is 3.04. The van der Waals surface area contributed by atoms with Crippen LogP contribution in [-0.4, -0.2) is 41.9 Å². The Morgan fingerprint density at radius 1 is 1.03 bits per heavy atom. The lowest BCUT2D eigenvalue weighted by Gasteiger charge is -2.39. The number of likely N-dealkylation sites (tertiary alicyclic amines) is 2. The van der Waals surface area contributed by atoms with Gasteiger partial charge in [0.15, 0.2) is 0 Å². The molecule has 154 valence electrons. The molecule has 1 spiro atoms. The molecule has 2 N–H and O–H groups in total. The zero-order chi connectivity index (χ0) is 20.3. The molecule has 1 atom stereocenters. The van der Waals surface area contributed by atoms with Gasteiger partial charge in [-0.15, -0.1) is 0 Å². The van der Waals surface area contributed by atoms with E-state index in [-0.39, 0.29) is 11.5 Å². The second-order valence-corrected chi connectivity index (χ2v) is 9.14. The molecule has 29 heavy (non-hydrogen) atoms. The third-order valence-corrected chi connectivity index (χ3v) is 6.84. The summed E-state index contributed by atoms with van der Waals surface area (Å²) in [5, 5.41) is 0.734. The smallest absolute Gasteiger partial charge is 0.223 e. The largest absolute Gasteiger partial charge is 0.338 e. The van der Waals surface area contributed by atoms with Crippen LogP contribution in [0.2, 0.25) is 5.02 Å². The van der Waals surface area contributed by atoms with E-state index in [2.05, 4.69) is 17.0 Å². The molecule has 0 bridgehead atoms. The van der Waals surface area contributed by atoms with Crippen molar-refractivity contribution in [1.82, 2.24) is 9.80 Å². The van der Waals surface area contributed by atoms with Gasteiger partial charge >= 0.3 is 0 Å². The molecule has 2 fully saturated rings. The zero-order valence-electron chi connectivity index (χ0n) is 16.9. The van der Waals surface area contributed by atoms with Gasteiger partial charge in [-0.1, -0.05) is 54.1 Å². The van der Waals surface area contributed by atoms with Crippen LogP contribution in [0.1, 0.15) is 42.9 Å². The van der Waals surface area contributed by atoms with Gasteiger partial charge in [0.25, 0.3) is 0 Å². The second kappa shape index (κ2) is 8.86. The normalized spacial score (nSPS) is 20.3. The van der Waals surface area contributed by atoms with E-state index in [1.54, 1.807) is 0 Å². The second-order valence-electron chi connectivity index (χ2n) is 8.70. The molecule has 0 radical (unpaired) electrons. The van der Waals surface area contributed by atoms with E-state index in [0.29, 0.717) is 18.9 Å². The Morgan fingerprint density at radius 2 is 1.72 bits per heavy atom. The first-order valence-electron chi connectivity index (χ1n) is 10.6. The number of carbonyl (C=O) groups is 1. The SMILES string of the molecule is N[C@@H](CCN1CCC2(CC1)CC(=O)N(Cc1ccc(Cl)cc1)C2)c1ccccc1. The summed E-state index contributed by atoms with van der Waals surface area (Å²) in [6.07, 6.45) is 3.85. The number of benzene rings is 2. The Labute approximate surface area is 178 Å². The van der Waals surface area contributed by atoms with Crippen LogP contribution >= 0.6 is 11.6 Å². The highest BCUT2D eigenvalue weighted by molar-refractivity contribution is 6.30. The van der Waals surface area contributed by atoms with Crippen LogP contribution in [0.15, 0.2) is 54.6 Å². The Kier molecular flexibility index (Phi) is 6.23. The van der Waals surface area contributed by atoms with Gasteiger partial charge in [0.05, 0.1) is 0 Å². The minimum atomic E-state index is 0.0926. The van der Waals surface area contributed by atoms with Crippen molar-refractivity contribution in [1.29, 1.82) is 0 Å². The molecule has 0 aliphatic carbocycles. The van der Waals surface area contributed by atoms with Gasteiger partial charge in [-0.2, -0.15) is 0 Å². The molecule has 1 amide bonds. The van der Waals surface area contributed by atoms with Crippen LogP contribution in [0, 0.1) is 5.41 Å². The monoisotopic (exact) mass is 411 g/mol. The number of nitrogens with zero attached hydrogens (tertiary/aromatic N) is 2. The molecule has 4 rings (SSSR count). The minimum absolute atomic E-state index is 0.0926. The fourth-order valence-corrected chi connectivity index (χ4v) is 4.84. The van der Waals surface area contributed by atoms with Gasteiger partial charge in [0.2, 0.25) is 5.91 Å². The van der Waals surface area contributed by atoms with Crippen molar-refractivity contribution < 1.29 is 4.79 Å². The third kappa shape index (κ3) is 5.00. The molecular weight excluding hydrogens is 382 g/mol. The summed E-state index contributed by atoms with van der Waals surface area (Å²) in [7, 11) is 0. The highest BCUT2D eigenvalue weighted by Gasteiger charge is 2.44. The van der Waals surface area contributed by atoms with Crippen molar-refractivity contribution in [3.8, 4) is 0 Å². The van der Waals surface area contributed by atoms with E-state index < -0.39 is 0 Å². The molecular formula is C24H30ClN3O. The van der Waals surface area contributed by atoms with Crippen LogP contribution in [0.5, 0.6) is 0 Å². The molecule has 0 aromatic heterocycles. The Hall–Kier alpha value is -1.88. The van der Waals surface area contributed by atoms with Gasteiger partial charge in [0.1, 0.15) is 0 Å². The highest BCUT2D eigenvalue weighted by atomic mass is 35.5.